The molecule has 0 aliphatic carbocycles. The van der Waals surface area contributed by atoms with Gasteiger partial charge in [0.25, 0.3) is 0 Å². The van der Waals surface area contributed by atoms with Crippen LogP contribution in [0.15, 0.2) is 18.2 Å². The van der Waals surface area contributed by atoms with Crippen LogP contribution < -0.4 is 11.1 Å². The normalized spacial score (nSPS) is 13.6. The Hall–Kier alpha value is -1.57. The molecule has 0 fully saturated rings. The molecule has 17 heavy (non-hydrogen) atoms. The van der Waals surface area contributed by atoms with Crippen molar-refractivity contribution in [3.8, 4) is 6.07 Å². The Morgan fingerprint density at radius 3 is 2.71 bits per heavy atom. The fourth-order valence-electron chi connectivity index (χ4n) is 1.18. The van der Waals surface area contributed by atoms with Gasteiger partial charge < -0.3 is 11.1 Å². The predicted octanol–water partition coefficient (Wildman–Crippen LogP) is 2.13. The molecule has 1 rings (SSSR count). The number of nitrogens with two attached hydrogens (primary N) is 1. The summed E-state index contributed by atoms with van der Waals surface area (Å²) >= 11 is 5.93. The highest BCUT2D eigenvalue weighted by Crippen LogP contribution is 2.23. The molecule has 1 aromatic carbocycles. The number of anilines is 1. The van der Waals surface area contributed by atoms with E-state index >= 15 is 0 Å². The third-order valence-corrected chi connectivity index (χ3v) is 2.89. The van der Waals surface area contributed by atoms with Gasteiger partial charge in [0.05, 0.1) is 28.3 Å². The van der Waals surface area contributed by atoms with Crippen LogP contribution in [0.1, 0.15) is 19.4 Å². The van der Waals surface area contributed by atoms with Gasteiger partial charge in [0.2, 0.25) is 5.91 Å². The number of carbonyl (C=O) groups is 1. The van der Waals surface area contributed by atoms with Crippen LogP contribution in [0.5, 0.6) is 0 Å². The molecule has 0 saturated heterocycles. The van der Waals surface area contributed by atoms with Gasteiger partial charge in [-0.05, 0) is 25.1 Å². The fraction of sp³-hybridized carbons (Fsp3) is 0.333. The molecular formula is C12H14ClN3O. The van der Waals surface area contributed by atoms with Crippen molar-refractivity contribution >= 4 is 23.2 Å². The Kier molecular flexibility index (Phi) is 4.50. The summed E-state index contributed by atoms with van der Waals surface area (Å²) in [5.74, 6) is -0.534. The molecule has 90 valence electrons. The summed E-state index contributed by atoms with van der Waals surface area (Å²) in [7, 11) is 0. The van der Waals surface area contributed by atoms with Crippen LogP contribution in [0, 0.1) is 17.2 Å². The van der Waals surface area contributed by atoms with Gasteiger partial charge in [0.15, 0.2) is 0 Å². The highest BCUT2D eigenvalue weighted by Gasteiger charge is 2.18. The first kappa shape index (κ1) is 13.5. The third-order valence-electron chi connectivity index (χ3n) is 2.56. The smallest absolute Gasteiger partial charge is 0.228 e. The van der Waals surface area contributed by atoms with Gasteiger partial charge in [-0.25, -0.2) is 0 Å². The van der Waals surface area contributed by atoms with E-state index in [4.69, 9.17) is 22.6 Å². The highest BCUT2D eigenvalue weighted by molar-refractivity contribution is 6.33. The van der Waals surface area contributed by atoms with Crippen molar-refractivity contribution in [3.63, 3.8) is 0 Å². The molecule has 0 spiro atoms. The molecule has 0 saturated carbocycles. The quantitative estimate of drug-likeness (QED) is 0.864. The first-order valence-corrected chi connectivity index (χ1v) is 5.59. The zero-order valence-electron chi connectivity index (χ0n) is 9.70. The van der Waals surface area contributed by atoms with Crippen LogP contribution in [-0.2, 0) is 4.79 Å². The summed E-state index contributed by atoms with van der Waals surface area (Å²) in [6.07, 6.45) is 0. The molecule has 0 bridgehead atoms. The molecule has 5 heteroatoms. The van der Waals surface area contributed by atoms with Crippen molar-refractivity contribution in [1.29, 1.82) is 5.26 Å². The Morgan fingerprint density at radius 1 is 1.53 bits per heavy atom. The lowest BCUT2D eigenvalue weighted by molar-refractivity contribution is -0.119. The van der Waals surface area contributed by atoms with E-state index in [2.05, 4.69) is 5.32 Å². The molecule has 3 N–H and O–H groups in total. The highest BCUT2D eigenvalue weighted by atomic mass is 35.5. The average Bonchev–Trinajstić information content (AvgIpc) is 2.30. The Labute approximate surface area is 105 Å². The van der Waals surface area contributed by atoms with Crippen LogP contribution in [-0.4, -0.2) is 11.9 Å². The molecule has 4 nitrogen and oxygen atoms in total. The van der Waals surface area contributed by atoms with Crippen molar-refractivity contribution < 1.29 is 4.79 Å². The summed E-state index contributed by atoms with van der Waals surface area (Å²) in [4.78, 5) is 11.8. The maximum Gasteiger partial charge on any atom is 0.228 e. The minimum atomic E-state index is -0.322. The first-order chi connectivity index (χ1) is 7.95. The molecule has 0 aliphatic rings. The molecule has 2 unspecified atom stereocenters. The number of nitrogens with one attached hydrogen (secondary N) is 1. The summed E-state index contributed by atoms with van der Waals surface area (Å²) in [6.45, 7) is 3.50. The number of carbonyl (C=O) groups excluding carboxylic acids is 1. The minimum absolute atomic E-state index is 0.211. The third kappa shape index (κ3) is 3.45. The van der Waals surface area contributed by atoms with E-state index in [1.165, 1.54) is 6.07 Å². The summed E-state index contributed by atoms with van der Waals surface area (Å²) in [6, 6.07) is 6.44. The zero-order chi connectivity index (χ0) is 13.0. The van der Waals surface area contributed by atoms with Gasteiger partial charge >= 0.3 is 0 Å². The largest absolute Gasteiger partial charge is 0.327 e. The van der Waals surface area contributed by atoms with E-state index in [1.807, 2.05) is 6.07 Å². The second-order valence-electron chi connectivity index (χ2n) is 3.94. The number of hydrogen-bond acceptors (Lipinski definition) is 3. The van der Waals surface area contributed by atoms with Crippen molar-refractivity contribution in [2.45, 2.75) is 19.9 Å². The second kappa shape index (κ2) is 5.67. The number of rotatable bonds is 3. The van der Waals surface area contributed by atoms with E-state index in [-0.39, 0.29) is 17.9 Å². The van der Waals surface area contributed by atoms with Crippen molar-refractivity contribution in [1.82, 2.24) is 0 Å². The monoisotopic (exact) mass is 251 g/mol. The second-order valence-corrected chi connectivity index (χ2v) is 4.35. The standard InChI is InChI=1S/C12H14ClN3O/c1-7(8(2)15)12(17)16-11-5-9(6-14)3-4-10(11)13/h3-5,7-8H,15H2,1-2H3,(H,16,17). The fourth-order valence-corrected chi connectivity index (χ4v) is 1.34. The Balaban J connectivity index is 2.88. The van der Waals surface area contributed by atoms with E-state index in [1.54, 1.807) is 26.0 Å². The maximum atomic E-state index is 11.8. The Bertz CT molecular complexity index is 465. The topological polar surface area (TPSA) is 78.9 Å². The van der Waals surface area contributed by atoms with Gasteiger partial charge in [0, 0.05) is 6.04 Å². The van der Waals surface area contributed by atoms with Crippen molar-refractivity contribution in [3.05, 3.63) is 28.8 Å². The number of halogens is 1. The van der Waals surface area contributed by atoms with Gasteiger partial charge in [-0.2, -0.15) is 5.26 Å². The predicted molar refractivity (Wildman–Crippen MR) is 67.6 cm³/mol. The van der Waals surface area contributed by atoms with Crippen LogP contribution in [0.3, 0.4) is 0 Å². The van der Waals surface area contributed by atoms with E-state index in [9.17, 15) is 4.79 Å². The van der Waals surface area contributed by atoms with Crippen LogP contribution in [0.2, 0.25) is 5.02 Å². The minimum Gasteiger partial charge on any atom is -0.327 e. The van der Waals surface area contributed by atoms with Gasteiger partial charge in [-0.3, -0.25) is 4.79 Å². The SMILES string of the molecule is CC(N)C(C)C(=O)Nc1cc(C#N)ccc1Cl. The maximum absolute atomic E-state index is 11.8. The molecule has 0 aliphatic heterocycles. The molecule has 0 heterocycles. The number of amides is 1. The molecule has 1 amide bonds. The molecule has 0 aromatic heterocycles. The lowest BCUT2D eigenvalue weighted by atomic mass is 10.0. The molecule has 2 atom stereocenters. The number of nitriles is 1. The van der Waals surface area contributed by atoms with Crippen molar-refractivity contribution in [2.24, 2.45) is 11.7 Å². The number of hydrogen-bond donors (Lipinski definition) is 2. The summed E-state index contributed by atoms with van der Waals surface area (Å²) in [5, 5.41) is 11.8. The molecule has 0 radical (unpaired) electrons. The lowest BCUT2D eigenvalue weighted by Crippen LogP contribution is -2.34. The van der Waals surface area contributed by atoms with E-state index in [0.29, 0.717) is 16.3 Å². The lowest BCUT2D eigenvalue weighted by Gasteiger charge is -2.16. The van der Waals surface area contributed by atoms with Gasteiger partial charge in [-0.1, -0.05) is 18.5 Å². The first-order valence-electron chi connectivity index (χ1n) is 5.21. The van der Waals surface area contributed by atoms with Gasteiger partial charge in [0.1, 0.15) is 0 Å². The van der Waals surface area contributed by atoms with Crippen LogP contribution >= 0.6 is 11.6 Å². The summed E-state index contributed by atoms with van der Waals surface area (Å²) in [5.41, 5.74) is 6.51. The van der Waals surface area contributed by atoms with Crippen LogP contribution in [0.4, 0.5) is 5.69 Å². The van der Waals surface area contributed by atoms with Crippen molar-refractivity contribution in [2.75, 3.05) is 5.32 Å². The van der Waals surface area contributed by atoms with E-state index < -0.39 is 0 Å². The van der Waals surface area contributed by atoms with Gasteiger partial charge in [-0.15, -0.1) is 0 Å². The number of benzene rings is 1. The Morgan fingerprint density at radius 2 is 2.18 bits per heavy atom. The van der Waals surface area contributed by atoms with Crippen LogP contribution in [0.25, 0.3) is 0 Å². The molecular weight excluding hydrogens is 238 g/mol. The molecule has 1 aromatic rings. The summed E-state index contributed by atoms with van der Waals surface area (Å²) < 4.78 is 0. The zero-order valence-corrected chi connectivity index (χ0v) is 10.5. The number of nitrogens with zero attached hydrogens (tertiary/aromatic N) is 1. The van der Waals surface area contributed by atoms with E-state index in [0.717, 1.165) is 0 Å². The average molecular weight is 252 g/mol.